The van der Waals surface area contributed by atoms with Crippen molar-refractivity contribution in [2.45, 2.75) is 153 Å². The van der Waals surface area contributed by atoms with Gasteiger partial charge in [0.1, 0.15) is 0 Å². The Morgan fingerprint density at radius 2 is 1.50 bits per heavy atom. The van der Waals surface area contributed by atoms with Gasteiger partial charge in [0.15, 0.2) is 5.13 Å². The highest BCUT2D eigenvalue weighted by molar-refractivity contribution is 7.22. The van der Waals surface area contributed by atoms with E-state index >= 15 is 0 Å². The summed E-state index contributed by atoms with van der Waals surface area (Å²) >= 11 is 1.44. The smallest absolute Gasteiger partial charge is 0.321 e. The van der Waals surface area contributed by atoms with Gasteiger partial charge in [0.25, 0.3) is 0 Å². The number of fused-ring (bicyclic) bond motifs is 1. The van der Waals surface area contributed by atoms with Crippen LogP contribution < -0.4 is 10.6 Å². The summed E-state index contributed by atoms with van der Waals surface area (Å²) < 4.78 is 0.987. The first-order valence-corrected chi connectivity index (χ1v) is 20.6. The number of pyridine rings is 1. The van der Waals surface area contributed by atoms with Gasteiger partial charge >= 0.3 is 12.0 Å². The SMILES string of the molecule is C1CC1.C=C(C)C(C)(C)O.C=C/C(=C\C)c1cc(-c2ccc(C)cn2)c2sc(NC(=O)NCC)nc2c1.CC.CCCC.CCCC(C)(CCC)C(=O)O. The van der Waals surface area contributed by atoms with Crippen LogP contribution in [0.3, 0.4) is 0 Å². The Morgan fingerprint density at radius 3 is 1.85 bits per heavy atom. The lowest BCUT2D eigenvalue weighted by Gasteiger charge is -2.23. The normalized spacial score (nSPS) is 11.6. The van der Waals surface area contributed by atoms with Crippen LogP contribution in [0.15, 0.2) is 61.3 Å². The van der Waals surface area contributed by atoms with E-state index in [1.165, 1.54) is 43.4 Å². The molecule has 1 aliphatic rings. The lowest BCUT2D eigenvalue weighted by Crippen LogP contribution is -2.28. The summed E-state index contributed by atoms with van der Waals surface area (Å²) in [6, 6.07) is 7.91. The van der Waals surface area contributed by atoms with E-state index in [9.17, 15) is 9.59 Å². The number of nitrogens with zero attached hydrogens (tertiary/aromatic N) is 2. The van der Waals surface area contributed by atoms with Crippen LogP contribution in [0.2, 0.25) is 0 Å². The number of amides is 2. The summed E-state index contributed by atoms with van der Waals surface area (Å²) in [7, 11) is 0. The van der Waals surface area contributed by atoms with Gasteiger partial charge in [-0.15, -0.1) is 0 Å². The Balaban J connectivity index is 0. The lowest BCUT2D eigenvalue weighted by atomic mass is 9.81. The Morgan fingerprint density at radius 1 is 0.963 bits per heavy atom. The number of carboxylic acid groups (broad SMARTS) is 1. The average molecular weight is 767 g/mol. The molecule has 2 amide bonds. The number of aliphatic hydroxyl groups is 1. The number of benzene rings is 1. The van der Waals surface area contributed by atoms with Crippen LogP contribution in [-0.4, -0.2) is 44.3 Å². The van der Waals surface area contributed by atoms with Gasteiger partial charge in [-0.3, -0.25) is 15.1 Å². The fourth-order valence-corrected chi connectivity index (χ4v) is 5.18. The number of aromatic nitrogens is 2. The van der Waals surface area contributed by atoms with Crippen molar-refractivity contribution in [3.05, 3.63) is 72.5 Å². The monoisotopic (exact) mass is 767 g/mol. The second-order valence-corrected chi connectivity index (χ2v) is 14.8. The standard InChI is InChI=1S/C21H22N4OS.C9H18O2.C6H12O.C4H10.C3H6.C2H6/c1-5-14(6-2)15-10-16(17-9-8-13(4)12-23-17)19-18(11-15)24-21(27-19)25-20(26)22-7-3;1-4-6-9(3,7-5-2)8(10)11;1-5(2)6(3,4)7;1-3-4-2;1-2-3-1;1-2/h5-6,8-12H,1,7H2,2-4H3,(H2,22,24,25,26);4-7H2,1-3H3,(H,10,11);7H,1H2,2-4H3;3-4H2,1-2H3;1-3H2;1-2H3/b14-6+;;;;;. The molecule has 0 unspecified atom stereocenters. The average Bonchev–Trinajstić information content (AvgIpc) is 3.96. The molecule has 0 radical (unpaired) electrons. The van der Waals surface area contributed by atoms with E-state index in [-0.39, 0.29) is 6.03 Å². The van der Waals surface area contributed by atoms with Gasteiger partial charge in [-0.05, 0) is 102 Å². The maximum Gasteiger partial charge on any atom is 0.321 e. The molecule has 4 rings (SSSR count). The van der Waals surface area contributed by atoms with E-state index in [2.05, 4.69) is 53.7 Å². The molecule has 1 saturated carbocycles. The molecule has 2 heterocycles. The molecule has 1 aliphatic carbocycles. The van der Waals surface area contributed by atoms with Crippen molar-refractivity contribution < 1.29 is 19.8 Å². The van der Waals surface area contributed by atoms with E-state index in [4.69, 9.17) is 10.2 Å². The number of hydrogen-bond acceptors (Lipinski definition) is 6. The third-order valence-corrected chi connectivity index (χ3v) is 9.14. The molecular weight excluding hydrogens is 693 g/mol. The molecular formula is C45H74N4O4S. The first-order valence-electron chi connectivity index (χ1n) is 19.8. The van der Waals surface area contributed by atoms with Crippen LogP contribution in [0.1, 0.15) is 152 Å². The summed E-state index contributed by atoms with van der Waals surface area (Å²) in [5, 5.41) is 24.0. The predicted octanol–water partition coefficient (Wildman–Crippen LogP) is 13.4. The zero-order valence-corrected chi connectivity index (χ0v) is 36.9. The molecule has 0 spiro atoms. The molecule has 1 fully saturated rings. The van der Waals surface area contributed by atoms with Crippen molar-refractivity contribution in [1.29, 1.82) is 0 Å². The highest BCUT2D eigenvalue weighted by Crippen LogP contribution is 2.37. The van der Waals surface area contributed by atoms with E-state index in [1.807, 2.05) is 91.9 Å². The van der Waals surface area contributed by atoms with Crippen LogP contribution in [-0.2, 0) is 4.79 Å². The van der Waals surface area contributed by atoms with Crippen LogP contribution in [0.25, 0.3) is 27.0 Å². The number of thiazole rings is 1. The van der Waals surface area contributed by atoms with Crippen molar-refractivity contribution in [1.82, 2.24) is 15.3 Å². The topological polar surface area (TPSA) is 124 Å². The second-order valence-electron chi connectivity index (χ2n) is 13.8. The maximum atomic E-state index is 11.9. The molecule has 3 aromatic rings. The number of urea groups is 1. The van der Waals surface area contributed by atoms with E-state index in [1.54, 1.807) is 20.8 Å². The highest BCUT2D eigenvalue weighted by atomic mass is 32.1. The minimum absolute atomic E-state index is 0.257. The summed E-state index contributed by atoms with van der Waals surface area (Å²) in [5.41, 5.74) is 5.46. The Kier molecular flexibility index (Phi) is 27.7. The molecule has 4 N–H and O–H groups in total. The van der Waals surface area contributed by atoms with E-state index in [0.717, 1.165) is 69.4 Å². The number of carbonyl (C=O) groups excluding carboxylic acids is 1. The Labute approximate surface area is 332 Å². The van der Waals surface area contributed by atoms with Gasteiger partial charge in [0.2, 0.25) is 0 Å². The molecule has 8 nitrogen and oxygen atoms in total. The second kappa shape index (κ2) is 28.6. The minimum Gasteiger partial charge on any atom is -0.481 e. The molecule has 0 atom stereocenters. The van der Waals surface area contributed by atoms with Gasteiger partial charge in [-0.2, -0.15) is 0 Å². The number of allylic oxidation sites excluding steroid dienone is 3. The summed E-state index contributed by atoms with van der Waals surface area (Å²) in [4.78, 5) is 31.9. The number of aliphatic carboxylic acids is 1. The van der Waals surface area contributed by atoms with Gasteiger partial charge in [-0.1, -0.05) is 129 Å². The zero-order chi connectivity index (χ0) is 41.9. The van der Waals surface area contributed by atoms with Crippen molar-refractivity contribution in [2.24, 2.45) is 5.41 Å². The lowest BCUT2D eigenvalue weighted by molar-refractivity contribution is -0.148. The fraction of sp³-hybridized carbons (Fsp3) is 0.556. The third kappa shape index (κ3) is 21.2. The first-order chi connectivity index (χ1) is 25.5. The fourth-order valence-electron chi connectivity index (χ4n) is 4.22. The number of anilines is 1. The van der Waals surface area contributed by atoms with Crippen LogP contribution >= 0.6 is 11.3 Å². The summed E-state index contributed by atoms with van der Waals surface area (Å²) in [5.74, 6) is -0.652. The highest BCUT2D eigenvalue weighted by Gasteiger charge is 2.30. The zero-order valence-electron chi connectivity index (χ0n) is 36.0. The van der Waals surface area contributed by atoms with E-state index < -0.39 is 17.0 Å². The van der Waals surface area contributed by atoms with Crippen molar-refractivity contribution in [2.75, 3.05) is 11.9 Å². The molecule has 1 aromatic carbocycles. The molecule has 0 aliphatic heterocycles. The van der Waals surface area contributed by atoms with Gasteiger partial charge in [0.05, 0.1) is 26.9 Å². The quantitative estimate of drug-likeness (QED) is 0.107. The molecule has 0 bridgehead atoms. The van der Waals surface area contributed by atoms with Crippen molar-refractivity contribution >= 4 is 44.3 Å². The number of nitrogens with one attached hydrogen (secondary N) is 2. The third-order valence-electron chi connectivity index (χ3n) is 8.12. The summed E-state index contributed by atoms with van der Waals surface area (Å²) in [6.45, 7) is 33.4. The van der Waals surface area contributed by atoms with Crippen LogP contribution in [0, 0.1) is 12.3 Å². The number of aryl methyl sites for hydroxylation is 1. The first kappa shape index (κ1) is 52.3. The van der Waals surface area contributed by atoms with E-state index in [0.29, 0.717) is 11.7 Å². The van der Waals surface area contributed by atoms with Crippen molar-refractivity contribution in [3.63, 3.8) is 0 Å². The molecule has 9 heteroatoms. The number of carbonyl (C=O) groups is 2. The summed E-state index contributed by atoms with van der Waals surface area (Å²) in [6.07, 6.45) is 16.3. The Bertz CT molecular complexity index is 1540. The van der Waals surface area contributed by atoms with Gasteiger partial charge < -0.3 is 15.5 Å². The molecule has 2 aromatic heterocycles. The molecule has 0 saturated heterocycles. The van der Waals surface area contributed by atoms with Crippen LogP contribution in [0.5, 0.6) is 0 Å². The van der Waals surface area contributed by atoms with Crippen molar-refractivity contribution in [3.8, 4) is 11.3 Å². The Hall–Kier alpha value is -3.82. The largest absolute Gasteiger partial charge is 0.481 e. The van der Waals surface area contributed by atoms with Gasteiger partial charge in [0, 0.05) is 18.3 Å². The maximum absolute atomic E-state index is 11.9. The number of unbranched alkanes of at least 4 members (excludes halogenated alkanes) is 1. The minimum atomic E-state index is -0.694. The number of carboxylic acids is 1. The van der Waals surface area contributed by atoms with Gasteiger partial charge in [-0.25, -0.2) is 9.78 Å². The predicted molar refractivity (Wildman–Crippen MR) is 237 cm³/mol. The number of rotatable bonds is 12. The van der Waals surface area contributed by atoms with Crippen LogP contribution in [0.4, 0.5) is 9.93 Å². The molecule has 304 valence electrons. The molecule has 54 heavy (non-hydrogen) atoms. The number of hydrogen-bond donors (Lipinski definition) is 4.